The topological polar surface area (TPSA) is 89.9 Å². The number of nitrogens with zero attached hydrogens (tertiary/aromatic N) is 1. The molecule has 1 aliphatic heterocycles. The molecular formula is C14H16N2O4. The van der Waals surface area contributed by atoms with Crippen LogP contribution < -0.4 is 5.32 Å². The van der Waals surface area contributed by atoms with Gasteiger partial charge in [-0.15, -0.1) is 0 Å². The number of aliphatic hydroxyl groups is 2. The van der Waals surface area contributed by atoms with Crippen molar-refractivity contribution in [3.8, 4) is 0 Å². The fourth-order valence-electron chi connectivity index (χ4n) is 2.04. The lowest BCUT2D eigenvalue weighted by Crippen LogP contribution is -2.34. The summed E-state index contributed by atoms with van der Waals surface area (Å²) in [7, 11) is 0. The van der Waals surface area contributed by atoms with Crippen LogP contribution in [0.1, 0.15) is 5.56 Å². The molecule has 1 aromatic carbocycles. The van der Waals surface area contributed by atoms with E-state index in [1.54, 1.807) is 12.1 Å². The summed E-state index contributed by atoms with van der Waals surface area (Å²) < 4.78 is 0. The number of hydrogen-bond acceptors (Lipinski definition) is 5. The third-order valence-electron chi connectivity index (χ3n) is 3.00. The zero-order valence-corrected chi connectivity index (χ0v) is 10.9. The Morgan fingerprint density at radius 1 is 1.10 bits per heavy atom. The number of aliphatic hydroxyl groups excluding tert-OH is 2. The Kier molecular flexibility index (Phi) is 4.49. The van der Waals surface area contributed by atoms with Crippen LogP contribution in [0.5, 0.6) is 0 Å². The fraction of sp³-hybridized carbons (Fsp3) is 0.286. The van der Waals surface area contributed by atoms with Gasteiger partial charge in [0.25, 0.3) is 11.8 Å². The minimum atomic E-state index is -0.456. The molecule has 0 unspecified atom stereocenters. The molecule has 0 fully saturated rings. The van der Waals surface area contributed by atoms with Gasteiger partial charge in [-0.1, -0.05) is 18.2 Å². The number of nitrogens with one attached hydrogen (secondary N) is 1. The molecular weight excluding hydrogens is 260 g/mol. The maximum Gasteiger partial charge on any atom is 0.277 e. The van der Waals surface area contributed by atoms with Gasteiger partial charge in [0.1, 0.15) is 5.70 Å². The van der Waals surface area contributed by atoms with E-state index in [4.69, 9.17) is 10.2 Å². The van der Waals surface area contributed by atoms with Crippen molar-refractivity contribution in [1.82, 2.24) is 4.90 Å². The average molecular weight is 276 g/mol. The summed E-state index contributed by atoms with van der Waals surface area (Å²) in [6.45, 7) is -0.279. The Morgan fingerprint density at radius 3 is 2.55 bits per heavy atom. The summed E-state index contributed by atoms with van der Waals surface area (Å²) in [5.74, 6) is -0.894. The number of hydrogen-bond donors (Lipinski definition) is 3. The van der Waals surface area contributed by atoms with Gasteiger partial charge in [0, 0.05) is 18.4 Å². The Morgan fingerprint density at radius 2 is 1.85 bits per heavy atom. The van der Waals surface area contributed by atoms with Gasteiger partial charge < -0.3 is 15.5 Å². The second-order valence-electron chi connectivity index (χ2n) is 4.33. The van der Waals surface area contributed by atoms with E-state index in [1.807, 2.05) is 12.1 Å². The summed E-state index contributed by atoms with van der Waals surface area (Å²) in [6.07, 6.45) is 1.67. The molecule has 20 heavy (non-hydrogen) atoms. The second kappa shape index (κ2) is 6.31. The highest BCUT2D eigenvalue weighted by Gasteiger charge is 2.30. The molecule has 0 bridgehead atoms. The molecule has 0 saturated carbocycles. The standard InChI is InChI=1S/C14H16N2O4/c17-7-5-10-3-1-2-4-11(10)15-12-9-13(19)16(6-8-18)14(12)20/h1-4,9,15,17-18H,5-8H2. The van der Waals surface area contributed by atoms with E-state index >= 15 is 0 Å². The molecule has 2 amide bonds. The van der Waals surface area contributed by atoms with Crippen molar-refractivity contribution in [1.29, 1.82) is 0 Å². The summed E-state index contributed by atoms with van der Waals surface area (Å²) in [5.41, 5.74) is 1.71. The highest BCUT2D eigenvalue weighted by atomic mass is 16.3. The lowest BCUT2D eigenvalue weighted by Gasteiger charge is -2.14. The van der Waals surface area contributed by atoms with E-state index in [9.17, 15) is 9.59 Å². The van der Waals surface area contributed by atoms with Crippen LogP contribution in [0.2, 0.25) is 0 Å². The van der Waals surface area contributed by atoms with E-state index in [0.717, 1.165) is 10.5 Å². The maximum atomic E-state index is 12.0. The predicted octanol–water partition coefficient (Wildman–Crippen LogP) is -0.122. The smallest absolute Gasteiger partial charge is 0.277 e. The van der Waals surface area contributed by atoms with Crippen LogP contribution in [0.15, 0.2) is 36.0 Å². The van der Waals surface area contributed by atoms with Gasteiger partial charge in [0.15, 0.2) is 0 Å². The molecule has 0 spiro atoms. The van der Waals surface area contributed by atoms with Crippen LogP contribution in [0.3, 0.4) is 0 Å². The summed E-state index contributed by atoms with van der Waals surface area (Å²) in [5, 5.41) is 20.8. The lowest BCUT2D eigenvalue weighted by molar-refractivity contribution is -0.137. The van der Waals surface area contributed by atoms with Crippen LogP contribution in [-0.2, 0) is 16.0 Å². The van der Waals surface area contributed by atoms with E-state index in [-0.39, 0.29) is 25.5 Å². The number of carbonyl (C=O) groups is 2. The van der Waals surface area contributed by atoms with Crippen LogP contribution in [0.25, 0.3) is 0 Å². The number of imide groups is 1. The van der Waals surface area contributed by atoms with Crippen molar-refractivity contribution in [3.63, 3.8) is 0 Å². The Hall–Kier alpha value is -2.18. The average Bonchev–Trinajstić information content (AvgIpc) is 2.69. The summed E-state index contributed by atoms with van der Waals surface area (Å²) >= 11 is 0. The molecule has 6 heteroatoms. The number of anilines is 1. The number of para-hydroxylation sites is 1. The highest BCUT2D eigenvalue weighted by Crippen LogP contribution is 2.21. The molecule has 0 aliphatic carbocycles. The van der Waals surface area contributed by atoms with E-state index in [1.165, 1.54) is 6.08 Å². The van der Waals surface area contributed by atoms with Crippen LogP contribution in [0, 0.1) is 0 Å². The lowest BCUT2D eigenvalue weighted by atomic mass is 10.1. The van der Waals surface area contributed by atoms with Gasteiger partial charge in [-0.05, 0) is 18.1 Å². The first-order chi connectivity index (χ1) is 9.67. The number of benzene rings is 1. The van der Waals surface area contributed by atoms with Crippen molar-refractivity contribution in [2.45, 2.75) is 6.42 Å². The zero-order valence-electron chi connectivity index (χ0n) is 10.9. The monoisotopic (exact) mass is 276 g/mol. The zero-order chi connectivity index (χ0) is 14.5. The molecule has 6 nitrogen and oxygen atoms in total. The van der Waals surface area contributed by atoms with Gasteiger partial charge in [-0.3, -0.25) is 14.5 Å². The van der Waals surface area contributed by atoms with Gasteiger partial charge in [0.05, 0.1) is 13.2 Å². The minimum Gasteiger partial charge on any atom is -0.396 e. The molecule has 1 heterocycles. The normalized spacial score (nSPS) is 14.7. The molecule has 0 atom stereocenters. The van der Waals surface area contributed by atoms with E-state index in [2.05, 4.69) is 5.32 Å². The molecule has 0 saturated heterocycles. The third kappa shape index (κ3) is 2.87. The number of amides is 2. The van der Waals surface area contributed by atoms with E-state index < -0.39 is 11.8 Å². The Labute approximate surface area is 116 Å². The Balaban J connectivity index is 2.17. The van der Waals surface area contributed by atoms with Crippen molar-refractivity contribution >= 4 is 17.5 Å². The van der Waals surface area contributed by atoms with Gasteiger partial charge in [-0.25, -0.2) is 0 Å². The number of carbonyl (C=O) groups excluding carboxylic acids is 2. The van der Waals surface area contributed by atoms with Crippen molar-refractivity contribution < 1.29 is 19.8 Å². The van der Waals surface area contributed by atoms with E-state index in [0.29, 0.717) is 12.1 Å². The molecule has 2 rings (SSSR count). The van der Waals surface area contributed by atoms with Gasteiger partial charge in [-0.2, -0.15) is 0 Å². The highest BCUT2D eigenvalue weighted by molar-refractivity contribution is 6.17. The fourth-order valence-corrected chi connectivity index (χ4v) is 2.04. The first kappa shape index (κ1) is 14.2. The predicted molar refractivity (Wildman–Crippen MR) is 72.7 cm³/mol. The second-order valence-corrected chi connectivity index (χ2v) is 4.33. The van der Waals surface area contributed by atoms with Gasteiger partial charge in [0.2, 0.25) is 0 Å². The summed E-state index contributed by atoms with van der Waals surface area (Å²) in [6, 6.07) is 7.25. The first-order valence-corrected chi connectivity index (χ1v) is 6.31. The first-order valence-electron chi connectivity index (χ1n) is 6.31. The Bertz CT molecular complexity index is 554. The maximum absolute atomic E-state index is 12.0. The molecule has 0 aromatic heterocycles. The molecule has 1 aromatic rings. The number of β-amino-alcohol motifs (C(OH)–C–C–N with tert-alkyl or cyclic N) is 1. The van der Waals surface area contributed by atoms with Crippen LogP contribution in [-0.4, -0.2) is 46.7 Å². The van der Waals surface area contributed by atoms with Crippen molar-refractivity contribution in [3.05, 3.63) is 41.6 Å². The molecule has 0 radical (unpaired) electrons. The van der Waals surface area contributed by atoms with Crippen molar-refractivity contribution in [2.24, 2.45) is 0 Å². The quantitative estimate of drug-likeness (QED) is 0.630. The third-order valence-corrected chi connectivity index (χ3v) is 3.00. The molecule has 3 N–H and O–H groups in total. The van der Waals surface area contributed by atoms with Gasteiger partial charge >= 0.3 is 0 Å². The molecule has 1 aliphatic rings. The SMILES string of the molecule is O=C1C=C(Nc2ccccc2CCO)C(=O)N1CCO. The van der Waals surface area contributed by atoms with Crippen molar-refractivity contribution in [2.75, 3.05) is 25.1 Å². The molecule has 106 valence electrons. The summed E-state index contributed by atoms with van der Waals surface area (Å²) in [4.78, 5) is 24.6. The van der Waals surface area contributed by atoms with Crippen LogP contribution >= 0.6 is 0 Å². The minimum absolute atomic E-state index is 0.00125. The largest absolute Gasteiger partial charge is 0.396 e. The number of rotatable bonds is 6. The van der Waals surface area contributed by atoms with Crippen LogP contribution in [0.4, 0.5) is 5.69 Å².